The highest BCUT2D eigenvalue weighted by atomic mass is 31.1. The summed E-state index contributed by atoms with van der Waals surface area (Å²) in [5.74, 6) is 0. The van der Waals surface area contributed by atoms with Crippen LogP contribution in [0.4, 0.5) is 0 Å². The molecule has 0 bridgehead atoms. The molecule has 0 aliphatic rings. The standard InChI is InChI=1S/C9H23P3/c1-10(2)6-8-12(5)9-7-11(3)4/h6-9H2,1-5H3. The summed E-state index contributed by atoms with van der Waals surface area (Å²) >= 11 is 0. The second-order valence-corrected chi connectivity index (χ2v) is 11.7. The van der Waals surface area contributed by atoms with Gasteiger partial charge in [-0.3, -0.25) is 0 Å². The third-order valence-corrected chi connectivity index (χ3v) is 6.77. The van der Waals surface area contributed by atoms with Gasteiger partial charge in [-0.05, 0) is 58.0 Å². The van der Waals surface area contributed by atoms with Crippen molar-refractivity contribution in [3.8, 4) is 0 Å². The minimum atomic E-state index is 0.362. The van der Waals surface area contributed by atoms with Crippen LogP contribution in [0.2, 0.25) is 0 Å². The fourth-order valence-corrected chi connectivity index (χ4v) is 7.01. The van der Waals surface area contributed by atoms with Crippen molar-refractivity contribution in [1.82, 2.24) is 0 Å². The van der Waals surface area contributed by atoms with Crippen LogP contribution in [0, 0.1) is 0 Å². The molecular formula is C9H23P3. The van der Waals surface area contributed by atoms with Crippen molar-refractivity contribution in [3.05, 3.63) is 0 Å². The smallest absolute Gasteiger partial charge is 0.0289 e. The maximum absolute atomic E-state index is 2.48. The number of rotatable bonds is 6. The van der Waals surface area contributed by atoms with Gasteiger partial charge in [0, 0.05) is 0 Å². The van der Waals surface area contributed by atoms with E-state index in [0.717, 1.165) is 0 Å². The van der Waals surface area contributed by atoms with Gasteiger partial charge in [0.15, 0.2) is 0 Å². The first-order chi connectivity index (χ1) is 5.52. The largest absolute Gasteiger partial charge is 0.113 e. The minimum absolute atomic E-state index is 0.362. The van der Waals surface area contributed by atoms with E-state index in [1.807, 2.05) is 0 Å². The van der Waals surface area contributed by atoms with Gasteiger partial charge < -0.3 is 0 Å². The van der Waals surface area contributed by atoms with Gasteiger partial charge in [0.1, 0.15) is 0 Å². The van der Waals surface area contributed by atoms with E-state index in [-0.39, 0.29) is 0 Å². The summed E-state index contributed by atoms with van der Waals surface area (Å²) in [6.07, 6.45) is 6.06. The molecular weight excluding hydrogens is 201 g/mol. The predicted octanol–water partition coefficient (Wildman–Crippen LogP) is 3.58. The highest BCUT2D eigenvalue weighted by Gasteiger charge is 2.03. The SMILES string of the molecule is CP(C)CCP(C)CCP(C)C. The molecule has 0 heterocycles. The van der Waals surface area contributed by atoms with E-state index in [4.69, 9.17) is 0 Å². The molecule has 3 heteroatoms. The molecule has 0 atom stereocenters. The Morgan fingerprint density at radius 3 is 1.17 bits per heavy atom. The summed E-state index contributed by atoms with van der Waals surface area (Å²) in [6, 6.07) is 0. The summed E-state index contributed by atoms with van der Waals surface area (Å²) in [5, 5.41) is 0. The Morgan fingerprint density at radius 1 is 0.583 bits per heavy atom. The molecule has 0 aromatic heterocycles. The normalized spacial score (nSPS) is 12.0. The molecule has 0 rings (SSSR count). The van der Waals surface area contributed by atoms with Gasteiger partial charge in [-0.25, -0.2) is 0 Å². The van der Waals surface area contributed by atoms with Crippen LogP contribution in [0.3, 0.4) is 0 Å². The molecule has 0 aromatic carbocycles. The molecule has 0 aliphatic heterocycles. The summed E-state index contributed by atoms with van der Waals surface area (Å²) in [6.45, 7) is 12.1. The van der Waals surface area contributed by atoms with Crippen molar-refractivity contribution in [3.63, 3.8) is 0 Å². The van der Waals surface area contributed by atoms with Gasteiger partial charge >= 0.3 is 0 Å². The van der Waals surface area contributed by atoms with Gasteiger partial charge in [0.25, 0.3) is 0 Å². The van der Waals surface area contributed by atoms with Gasteiger partial charge in [-0.2, -0.15) is 0 Å². The summed E-state index contributed by atoms with van der Waals surface area (Å²) in [4.78, 5) is 0. The van der Waals surface area contributed by atoms with E-state index in [9.17, 15) is 0 Å². The molecule has 0 aliphatic carbocycles. The fraction of sp³-hybridized carbons (Fsp3) is 1.00. The number of hydrogen-bond donors (Lipinski definition) is 0. The zero-order chi connectivity index (χ0) is 9.56. The van der Waals surface area contributed by atoms with Crippen LogP contribution >= 0.6 is 23.8 Å². The van der Waals surface area contributed by atoms with Crippen molar-refractivity contribution in [2.24, 2.45) is 0 Å². The van der Waals surface area contributed by atoms with E-state index in [2.05, 4.69) is 33.3 Å². The highest BCUT2D eigenvalue weighted by molar-refractivity contribution is 7.62. The third-order valence-electron chi connectivity index (χ3n) is 1.86. The predicted molar refractivity (Wildman–Crippen MR) is 69.8 cm³/mol. The minimum Gasteiger partial charge on any atom is -0.113 e. The Balaban J connectivity index is 3.27. The average Bonchev–Trinajstić information content (AvgIpc) is 1.96. The summed E-state index contributed by atoms with van der Waals surface area (Å²) in [7, 11) is 1.11. The first kappa shape index (κ1) is 13.3. The highest BCUT2D eigenvalue weighted by Crippen LogP contribution is 2.38. The van der Waals surface area contributed by atoms with Crippen molar-refractivity contribution >= 4 is 23.8 Å². The second-order valence-electron chi connectivity index (χ2n) is 3.91. The Bertz CT molecular complexity index is 89.9. The second kappa shape index (κ2) is 7.67. The lowest BCUT2D eigenvalue weighted by molar-refractivity contribution is 1.42. The summed E-state index contributed by atoms with van der Waals surface area (Å²) < 4.78 is 0. The molecule has 0 N–H and O–H groups in total. The lowest BCUT2D eigenvalue weighted by atomic mass is 10.9. The maximum atomic E-state index is 2.48. The van der Waals surface area contributed by atoms with Crippen molar-refractivity contribution in [1.29, 1.82) is 0 Å². The Labute approximate surface area is 82.2 Å². The van der Waals surface area contributed by atoms with E-state index in [0.29, 0.717) is 23.8 Å². The van der Waals surface area contributed by atoms with Crippen molar-refractivity contribution in [2.75, 3.05) is 58.0 Å². The van der Waals surface area contributed by atoms with E-state index < -0.39 is 0 Å². The van der Waals surface area contributed by atoms with Gasteiger partial charge in [-0.1, -0.05) is 0 Å². The monoisotopic (exact) mass is 224 g/mol. The summed E-state index contributed by atoms with van der Waals surface area (Å²) in [5.41, 5.74) is 0. The van der Waals surface area contributed by atoms with Crippen LogP contribution in [0.15, 0.2) is 0 Å². The lowest BCUT2D eigenvalue weighted by Crippen LogP contribution is -1.96. The van der Waals surface area contributed by atoms with Crippen LogP contribution in [0.5, 0.6) is 0 Å². The van der Waals surface area contributed by atoms with Crippen molar-refractivity contribution in [2.45, 2.75) is 0 Å². The molecule has 0 nitrogen and oxygen atoms in total. The quantitative estimate of drug-likeness (QED) is 0.605. The first-order valence-electron chi connectivity index (χ1n) is 4.50. The topological polar surface area (TPSA) is 0 Å². The molecule has 0 radical (unpaired) electrons. The Hall–Kier alpha value is 1.29. The average molecular weight is 224 g/mol. The van der Waals surface area contributed by atoms with Crippen LogP contribution in [0.1, 0.15) is 0 Å². The maximum Gasteiger partial charge on any atom is -0.0289 e. The molecule has 0 spiro atoms. The van der Waals surface area contributed by atoms with Gasteiger partial charge in [-0.15, -0.1) is 23.8 Å². The lowest BCUT2D eigenvalue weighted by Gasteiger charge is -2.15. The van der Waals surface area contributed by atoms with Crippen LogP contribution in [-0.4, -0.2) is 58.0 Å². The van der Waals surface area contributed by atoms with E-state index in [1.54, 1.807) is 0 Å². The first-order valence-corrected chi connectivity index (χ1v) is 11.5. The third kappa shape index (κ3) is 9.38. The zero-order valence-electron chi connectivity index (χ0n) is 9.17. The van der Waals surface area contributed by atoms with Crippen LogP contribution < -0.4 is 0 Å². The van der Waals surface area contributed by atoms with E-state index >= 15 is 0 Å². The Kier molecular flexibility index (Phi) is 8.50. The molecule has 0 amide bonds. The number of hydrogen-bond acceptors (Lipinski definition) is 0. The molecule has 12 heavy (non-hydrogen) atoms. The fourth-order valence-electron chi connectivity index (χ4n) is 0.853. The molecule has 0 fully saturated rings. The molecule has 0 aromatic rings. The molecule has 74 valence electrons. The molecule has 0 saturated heterocycles. The van der Waals surface area contributed by atoms with Crippen LogP contribution in [0.25, 0.3) is 0 Å². The zero-order valence-corrected chi connectivity index (χ0v) is 11.9. The van der Waals surface area contributed by atoms with Crippen molar-refractivity contribution < 1.29 is 0 Å². The van der Waals surface area contributed by atoms with E-state index in [1.165, 1.54) is 24.6 Å². The molecule has 0 saturated carbocycles. The Morgan fingerprint density at radius 2 is 0.917 bits per heavy atom. The van der Waals surface area contributed by atoms with Crippen LogP contribution in [-0.2, 0) is 0 Å². The van der Waals surface area contributed by atoms with Gasteiger partial charge in [0.05, 0.1) is 0 Å². The molecule has 0 unspecified atom stereocenters. The van der Waals surface area contributed by atoms with Gasteiger partial charge in [0.2, 0.25) is 0 Å².